The number of benzene rings is 2. The molecule has 0 spiro atoms. The van der Waals surface area contributed by atoms with Gasteiger partial charge in [-0.3, -0.25) is 9.59 Å². The van der Waals surface area contributed by atoms with Gasteiger partial charge in [0, 0.05) is 25.7 Å². The first-order chi connectivity index (χ1) is 12.1. The summed E-state index contributed by atoms with van der Waals surface area (Å²) >= 11 is 0. The summed E-state index contributed by atoms with van der Waals surface area (Å²) in [7, 11) is 1.58. The molecule has 0 aliphatic carbocycles. The number of nitrogens with zero attached hydrogens (tertiary/aromatic N) is 1. The summed E-state index contributed by atoms with van der Waals surface area (Å²) in [6.45, 7) is 0.406. The molecule has 4 nitrogen and oxygen atoms in total. The molecule has 5 heteroatoms. The molecule has 2 amide bonds. The second-order valence-corrected chi connectivity index (χ2v) is 6.00. The van der Waals surface area contributed by atoms with E-state index in [0.29, 0.717) is 6.54 Å². The fraction of sp³-hybridized carbons (Fsp3) is 0.200. The molecule has 2 aromatic rings. The van der Waals surface area contributed by atoms with Crippen molar-refractivity contribution in [2.24, 2.45) is 5.92 Å². The van der Waals surface area contributed by atoms with Crippen molar-refractivity contribution in [3.05, 3.63) is 65.5 Å². The van der Waals surface area contributed by atoms with Crippen LogP contribution in [0, 0.1) is 11.7 Å². The van der Waals surface area contributed by atoms with Gasteiger partial charge in [0.05, 0.1) is 5.92 Å². The van der Waals surface area contributed by atoms with Gasteiger partial charge in [0.15, 0.2) is 0 Å². The summed E-state index contributed by atoms with van der Waals surface area (Å²) in [5.74, 6) is -0.694. The highest BCUT2D eigenvalue weighted by Crippen LogP contribution is 2.25. The van der Waals surface area contributed by atoms with Crippen molar-refractivity contribution in [3.8, 4) is 0 Å². The Morgan fingerprint density at radius 2 is 1.64 bits per heavy atom. The molecule has 1 heterocycles. The van der Waals surface area contributed by atoms with Gasteiger partial charge in [-0.05, 0) is 35.4 Å². The number of carbonyl (C=O) groups is 2. The van der Waals surface area contributed by atoms with E-state index in [1.165, 1.54) is 12.1 Å². The molecule has 2 aromatic carbocycles. The van der Waals surface area contributed by atoms with E-state index in [0.717, 1.165) is 16.8 Å². The van der Waals surface area contributed by atoms with Gasteiger partial charge in [0.2, 0.25) is 11.8 Å². The van der Waals surface area contributed by atoms with Crippen molar-refractivity contribution in [2.45, 2.75) is 6.42 Å². The van der Waals surface area contributed by atoms with Crippen LogP contribution in [0.5, 0.6) is 0 Å². The zero-order chi connectivity index (χ0) is 17.8. The summed E-state index contributed by atoms with van der Waals surface area (Å²) in [4.78, 5) is 25.5. The highest BCUT2D eigenvalue weighted by molar-refractivity contribution is 6.00. The monoisotopic (exact) mass is 338 g/mol. The Morgan fingerprint density at radius 3 is 2.20 bits per heavy atom. The topological polar surface area (TPSA) is 49.4 Å². The van der Waals surface area contributed by atoms with Crippen LogP contribution >= 0.6 is 0 Å². The number of carbonyl (C=O) groups excluding carboxylic acids is 2. The van der Waals surface area contributed by atoms with E-state index in [2.05, 4.69) is 5.32 Å². The van der Waals surface area contributed by atoms with Gasteiger partial charge in [0.25, 0.3) is 0 Å². The van der Waals surface area contributed by atoms with E-state index in [9.17, 15) is 14.0 Å². The normalized spacial score (nSPS) is 17.3. The number of hydrogen-bond donors (Lipinski definition) is 1. The minimum Gasteiger partial charge on any atom is -0.359 e. The Kier molecular flexibility index (Phi) is 4.93. The van der Waals surface area contributed by atoms with Crippen LogP contribution in [0.15, 0.2) is 48.5 Å². The van der Waals surface area contributed by atoms with Gasteiger partial charge in [-0.25, -0.2) is 4.39 Å². The molecule has 0 bridgehead atoms. The number of anilines is 1. The van der Waals surface area contributed by atoms with Crippen LogP contribution in [0.1, 0.15) is 17.5 Å². The Balaban J connectivity index is 1.69. The molecule has 1 aliphatic heterocycles. The SMILES string of the molecule is CNC(=O)[C@H]1CC(=O)N(c2ccc(/C=C/c3ccc(F)cc3)cc2)C1. The number of hydrogen-bond acceptors (Lipinski definition) is 2. The van der Waals surface area contributed by atoms with Crippen LogP contribution in [-0.2, 0) is 9.59 Å². The maximum atomic E-state index is 12.9. The third-order valence-electron chi connectivity index (χ3n) is 4.29. The molecule has 1 atom stereocenters. The quantitative estimate of drug-likeness (QED) is 0.871. The molecule has 0 radical (unpaired) electrons. The first-order valence-electron chi connectivity index (χ1n) is 8.12. The fourth-order valence-corrected chi connectivity index (χ4v) is 2.87. The summed E-state index contributed by atoms with van der Waals surface area (Å²) in [6, 6.07) is 13.8. The molecule has 0 unspecified atom stereocenters. The predicted octanol–water partition coefficient (Wildman–Crippen LogP) is 3.10. The minimum absolute atomic E-state index is 0.0387. The smallest absolute Gasteiger partial charge is 0.227 e. The third kappa shape index (κ3) is 3.94. The van der Waals surface area contributed by atoms with Gasteiger partial charge in [0.1, 0.15) is 5.82 Å². The van der Waals surface area contributed by atoms with Crippen LogP contribution in [0.2, 0.25) is 0 Å². The van der Waals surface area contributed by atoms with E-state index < -0.39 is 0 Å². The Bertz CT molecular complexity index is 797. The summed E-state index contributed by atoms with van der Waals surface area (Å²) in [6.07, 6.45) is 4.07. The second-order valence-electron chi connectivity index (χ2n) is 6.00. The molecule has 1 saturated heterocycles. The summed E-state index contributed by atoms with van der Waals surface area (Å²) in [5.41, 5.74) is 2.67. The Labute approximate surface area is 146 Å². The maximum Gasteiger partial charge on any atom is 0.227 e. The Hall–Kier alpha value is -2.95. The van der Waals surface area contributed by atoms with Crippen molar-refractivity contribution >= 4 is 29.7 Å². The van der Waals surface area contributed by atoms with Crippen molar-refractivity contribution in [2.75, 3.05) is 18.5 Å². The van der Waals surface area contributed by atoms with Crippen LogP contribution in [0.3, 0.4) is 0 Å². The lowest BCUT2D eigenvalue weighted by Crippen LogP contribution is -2.30. The van der Waals surface area contributed by atoms with E-state index >= 15 is 0 Å². The van der Waals surface area contributed by atoms with E-state index in [1.807, 2.05) is 36.4 Å². The van der Waals surface area contributed by atoms with Gasteiger partial charge in [-0.2, -0.15) is 0 Å². The summed E-state index contributed by atoms with van der Waals surface area (Å²) < 4.78 is 12.9. The van der Waals surface area contributed by atoms with Gasteiger partial charge in [-0.1, -0.05) is 36.4 Å². The van der Waals surface area contributed by atoms with Crippen molar-refractivity contribution in [1.82, 2.24) is 5.32 Å². The van der Waals surface area contributed by atoms with Crippen LogP contribution in [-0.4, -0.2) is 25.4 Å². The van der Waals surface area contributed by atoms with E-state index in [1.54, 1.807) is 24.1 Å². The number of nitrogens with one attached hydrogen (secondary N) is 1. The summed E-state index contributed by atoms with van der Waals surface area (Å²) in [5, 5.41) is 2.59. The molecular weight excluding hydrogens is 319 g/mol. The molecule has 128 valence electrons. The van der Waals surface area contributed by atoms with Crippen molar-refractivity contribution < 1.29 is 14.0 Å². The fourth-order valence-electron chi connectivity index (χ4n) is 2.87. The molecule has 25 heavy (non-hydrogen) atoms. The second kappa shape index (κ2) is 7.30. The minimum atomic E-state index is -0.296. The zero-order valence-corrected chi connectivity index (χ0v) is 13.9. The van der Waals surface area contributed by atoms with E-state index in [4.69, 9.17) is 0 Å². The molecule has 1 fully saturated rings. The van der Waals surface area contributed by atoms with Crippen molar-refractivity contribution in [1.29, 1.82) is 0 Å². The van der Waals surface area contributed by atoms with Gasteiger partial charge < -0.3 is 10.2 Å². The predicted molar refractivity (Wildman–Crippen MR) is 96.3 cm³/mol. The van der Waals surface area contributed by atoms with Crippen LogP contribution in [0.25, 0.3) is 12.2 Å². The molecule has 1 N–H and O–H groups in total. The van der Waals surface area contributed by atoms with Crippen LogP contribution in [0.4, 0.5) is 10.1 Å². The highest BCUT2D eigenvalue weighted by Gasteiger charge is 2.34. The van der Waals surface area contributed by atoms with Gasteiger partial charge in [-0.15, -0.1) is 0 Å². The standard InChI is InChI=1S/C20H19FN2O2/c1-22-20(25)16-12-19(24)23(13-16)18-10-6-15(7-11-18)3-2-14-4-8-17(21)9-5-14/h2-11,16H,12-13H2,1H3,(H,22,25)/b3-2+/t16-/m0/s1. The average molecular weight is 338 g/mol. The first kappa shape index (κ1) is 16.9. The average Bonchev–Trinajstić information content (AvgIpc) is 3.03. The van der Waals surface area contributed by atoms with Crippen LogP contribution < -0.4 is 10.2 Å². The maximum absolute atomic E-state index is 12.9. The molecule has 1 aliphatic rings. The number of halogens is 1. The third-order valence-corrected chi connectivity index (χ3v) is 4.29. The zero-order valence-electron chi connectivity index (χ0n) is 13.9. The number of rotatable bonds is 4. The first-order valence-corrected chi connectivity index (χ1v) is 8.12. The largest absolute Gasteiger partial charge is 0.359 e. The lowest BCUT2D eigenvalue weighted by Gasteiger charge is -2.16. The Morgan fingerprint density at radius 1 is 1.08 bits per heavy atom. The molecular formula is C20H19FN2O2. The van der Waals surface area contributed by atoms with Gasteiger partial charge >= 0.3 is 0 Å². The molecule has 0 aromatic heterocycles. The lowest BCUT2D eigenvalue weighted by atomic mass is 10.1. The molecule has 0 saturated carbocycles. The lowest BCUT2D eigenvalue weighted by molar-refractivity contribution is -0.125. The molecule has 3 rings (SSSR count). The van der Waals surface area contributed by atoms with Crippen molar-refractivity contribution in [3.63, 3.8) is 0 Å². The number of amides is 2. The van der Waals surface area contributed by atoms with E-state index in [-0.39, 0.29) is 30.0 Å². The highest BCUT2D eigenvalue weighted by atomic mass is 19.1.